The molecule has 1 heterocycles. The van der Waals surface area contributed by atoms with Crippen LogP contribution in [0.25, 0.3) is 0 Å². The molecule has 1 N–H and O–H groups in total. The van der Waals surface area contributed by atoms with E-state index >= 15 is 0 Å². The van der Waals surface area contributed by atoms with Gasteiger partial charge in [-0.1, -0.05) is 24.3 Å². The molecule has 0 aromatic heterocycles. The summed E-state index contributed by atoms with van der Waals surface area (Å²) < 4.78 is 0. The summed E-state index contributed by atoms with van der Waals surface area (Å²) in [5.41, 5.74) is 3.06. The van der Waals surface area contributed by atoms with Crippen molar-refractivity contribution in [1.29, 1.82) is 0 Å². The van der Waals surface area contributed by atoms with Gasteiger partial charge in [0.15, 0.2) is 0 Å². The highest BCUT2D eigenvalue weighted by Gasteiger charge is 2.30. The summed E-state index contributed by atoms with van der Waals surface area (Å²) in [4.78, 5) is 0. The average molecular weight is 233 g/mol. The molecule has 1 aromatic carbocycles. The monoisotopic (exact) mass is 233 g/mol. The molecule has 0 bridgehead atoms. The summed E-state index contributed by atoms with van der Waals surface area (Å²) in [6.45, 7) is 2.35. The Morgan fingerprint density at radius 1 is 1.31 bits per heavy atom. The molecular formula is C14H19NS. The van der Waals surface area contributed by atoms with Crippen molar-refractivity contribution in [2.24, 2.45) is 5.92 Å². The van der Waals surface area contributed by atoms with E-state index in [1.807, 2.05) is 0 Å². The zero-order valence-electron chi connectivity index (χ0n) is 9.78. The highest BCUT2D eigenvalue weighted by Crippen LogP contribution is 2.36. The molecule has 2 aliphatic rings. The van der Waals surface area contributed by atoms with Gasteiger partial charge in [-0.3, -0.25) is 0 Å². The molecule has 0 amide bonds. The Kier molecular flexibility index (Phi) is 2.95. The van der Waals surface area contributed by atoms with Crippen LogP contribution in [0.2, 0.25) is 0 Å². The Labute approximate surface area is 102 Å². The van der Waals surface area contributed by atoms with Crippen molar-refractivity contribution < 1.29 is 0 Å². The summed E-state index contributed by atoms with van der Waals surface area (Å²) in [5, 5.41) is 3.82. The maximum Gasteiger partial charge on any atom is 0.0417 e. The van der Waals surface area contributed by atoms with E-state index in [0.717, 1.165) is 5.92 Å². The molecule has 86 valence electrons. The molecule has 0 radical (unpaired) electrons. The van der Waals surface area contributed by atoms with Crippen molar-refractivity contribution >= 4 is 11.8 Å². The van der Waals surface area contributed by atoms with Crippen LogP contribution in [0.15, 0.2) is 24.3 Å². The normalized spacial score (nSPS) is 26.2. The molecule has 0 saturated heterocycles. The molecule has 2 heteroatoms. The lowest BCUT2D eigenvalue weighted by molar-refractivity contribution is 0.442. The van der Waals surface area contributed by atoms with Gasteiger partial charge < -0.3 is 5.32 Å². The maximum atomic E-state index is 3.82. The predicted octanol–water partition coefficient (Wildman–Crippen LogP) is 3.36. The molecule has 2 unspecified atom stereocenters. The summed E-state index contributed by atoms with van der Waals surface area (Å²) in [7, 11) is 0. The third-order valence-electron chi connectivity index (χ3n) is 3.77. The van der Waals surface area contributed by atoms with Crippen LogP contribution in [0.4, 0.5) is 0 Å². The number of benzene rings is 1. The van der Waals surface area contributed by atoms with Crippen LogP contribution in [0.3, 0.4) is 0 Å². The van der Waals surface area contributed by atoms with E-state index in [0.29, 0.717) is 12.1 Å². The second-order valence-electron chi connectivity index (χ2n) is 5.06. The van der Waals surface area contributed by atoms with E-state index in [-0.39, 0.29) is 0 Å². The van der Waals surface area contributed by atoms with Crippen molar-refractivity contribution in [1.82, 2.24) is 5.32 Å². The fraction of sp³-hybridized carbons (Fsp3) is 0.571. The predicted molar refractivity (Wildman–Crippen MR) is 70.7 cm³/mol. The number of rotatable bonds is 3. The fourth-order valence-corrected chi connectivity index (χ4v) is 3.68. The van der Waals surface area contributed by atoms with Gasteiger partial charge in [0.05, 0.1) is 0 Å². The van der Waals surface area contributed by atoms with E-state index in [2.05, 4.69) is 48.3 Å². The van der Waals surface area contributed by atoms with E-state index < -0.39 is 0 Å². The molecule has 0 spiro atoms. The van der Waals surface area contributed by atoms with E-state index in [1.165, 1.54) is 35.5 Å². The molecule has 1 fully saturated rings. The van der Waals surface area contributed by atoms with Gasteiger partial charge in [0, 0.05) is 23.6 Å². The summed E-state index contributed by atoms with van der Waals surface area (Å²) in [6, 6.07) is 10.2. The Bertz CT molecular complexity index is 373. The number of fused-ring (bicyclic) bond motifs is 1. The van der Waals surface area contributed by atoms with Gasteiger partial charge in [-0.2, -0.15) is 11.8 Å². The molecule has 3 rings (SSSR count). The van der Waals surface area contributed by atoms with Crippen LogP contribution >= 0.6 is 11.8 Å². The van der Waals surface area contributed by atoms with Crippen molar-refractivity contribution in [3.63, 3.8) is 0 Å². The standard InChI is InChI=1S/C14H19NS/c1-10(11-6-7-11)15-14-9-16-8-12-4-2-3-5-13(12)14/h2-5,10-11,14-15H,6-9H2,1H3. The first-order chi connectivity index (χ1) is 7.84. The second kappa shape index (κ2) is 4.42. The highest BCUT2D eigenvalue weighted by atomic mass is 32.2. The maximum absolute atomic E-state index is 3.82. The Morgan fingerprint density at radius 2 is 2.12 bits per heavy atom. The zero-order chi connectivity index (χ0) is 11.0. The van der Waals surface area contributed by atoms with Crippen molar-refractivity contribution in [2.45, 2.75) is 37.6 Å². The lowest BCUT2D eigenvalue weighted by atomic mass is 10.0. The summed E-state index contributed by atoms with van der Waals surface area (Å²) in [6.07, 6.45) is 2.85. The van der Waals surface area contributed by atoms with E-state index in [9.17, 15) is 0 Å². The minimum atomic E-state index is 0.575. The number of hydrogen-bond acceptors (Lipinski definition) is 2. The van der Waals surface area contributed by atoms with Gasteiger partial charge in [0.1, 0.15) is 0 Å². The first-order valence-electron chi connectivity index (χ1n) is 6.26. The van der Waals surface area contributed by atoms with Gasteiger partial charge >= 0.3 is 0 Å². The Morgan fingerprint density at radius 3 is 2.94 bits per heavy atom. The average Bonchev–Trinajstić information content (AvgIpc) is 3.13. The second-order valence-corrected chi connectivity index (χ2v) is 6.09. The van der Waals surface area contributed by atoms with Gasteiger partial charge in [0.2, 0.25) is 0 Å². The summed E-state index contributed by atoms with van der Waals surface area (Å²) in [5.74, 6) is 3.36. The molecule has 1 saturated carbocycles. The lowest BCUT2D eigenvalue weighted by Gasteiger charge is -2.29. The minimum Gasteiger partial charge on any atom is -0.306 e. The topological polar surface area (TPSA) is 12.0 Å². The van der Waals surface area contributed by atoms with Gasteiger partial charge in [0.25, 0.3) is 0 Å². The molecular weight excluding hydrogens is 214 g/mol. The molecule has 1 aromatic rings. The molecule has 16 heavy (non-hydrogen) atoms. The minimum absolute atomic E-state index is 0.575. The van der Waals surface area contributed by atoms with Crippen molar-refractivity contribution in [2.75, 3.05) is 5.75 Å². The highest BCUT2D eigenvalue weighted by molar-refractivity contribution is 7.98. The number of thioether (sulfide) groups is 1. The van der Waals surface area contributed by atoms with Crippen LogP contribution < -0.4 is 5.32 Å². The van der Waals surface area contributed by atoms with Gasteiger partial charge in [-0.05, 0) is 36.8 Å². The number of nitrogens with one attached hydrogen (secondary N) is 1. The summed E-state index contributed by atoms with van der Waals surface area (Å²) >= 11 is 2.06. The smallest absolute Gasteiger partial charge is 0.0417 e. The zero-order valence-corrected chi connectivity index (χ0v) is 10.6. The third-order valence-corrected chi connectivity index (χ3v) is 4.85. The molecule has 1 aliphatic carbocycles. The van der Waals surface area contributed by atoms with Crippen molar-refractivity contribution in [3.8, 4) is 0 Å². The molecule has 1 aliphatic heterocycles. The van der Waals surface area contributed by atoms with E-state index in [1.54, 1.807) is 0 Å². The largest absolute Gasteiger partial charge is 0.306 e. The van der Waals surface area contributed by atoms with Gasteiger partial charge in [-0.25, -0.2) is 0 Å². The quantitative estimate of drug-likeness (QED) is 0.859. The molecule has 1 nitrogen and oxygen atoms in total. The first kappa shape index (κ1) is 10.7. The van der Waals surface area contributed by atoms with Crippen LogP contribution in [-0.4, -0.2) is 11.8 Å². The van der Waals surface area contributed by atoms with Crippen molar-refractivity contribution in [3.05, 3.63) is 35.4 Å². The third kappa shape index (κ3) is 2.14. The molecule has 2 atom stereocenters. The Hall–Kier alpha value is -0.470. The Balaban J connectivity index is 1.76. The van der Waals surface area contributed by atoms with E-state index in [4.69, 9.17) is 0 Å². The van der Waals surface area contributed by atoms with Crippen LogP contribution in [0.5, 0.6) is 0 Å². The van der Waals surface area contributed by atoms with Crippen LogP contribution in [0, 0.1) is 5.92 Å². The number of hydrogen-bond donors (Lipinski definition) is 1. The van der Waals surface area contributed by atoms with Crippen LogP contribution in [0.1, 0.15) is 36.9 Å². The fourth-order valence-electron chi connectivity index (χ4n) is 2.57. The van der Waals surface area contributed by atoms with Crippen LogP contribution in [-0.2, 0) is 5.75 Å². The van der Waals surface area contributed by atoms with Gasteiger partial charge in [-0.15, -0.1) is 0 Å². The first-order valence-corrected chi connectivity index (χ1v) is 7.41. The lowest BCUT2D eigenvalue weighted by Crippen LogP contribution is -2.35. The SMILES string of the molecule is CC(NC1CSCc2ccccc21)C1CC1.